The molecule has 0 bridgehead atoms. The first-order valence-electron chi connectivity index (χ1n) is 3.20. The maximum atomic E-state index is 12.6. The third-order valence-electron chi connectivity index (χ3n) is 1.39. The van der Waals surface area contributed by atoms with E-state index in [0.29, 0.717) is 5.02 Å². The molecule has 0 amide bonds. The van der Waals surface area contributed by atoms with Gasteiger partial charge in [-0.25, -0.2) is 4.39 Å². The Labute approximate surface area is 78.5 Å². The van der Waals surface area contributed by atoms with Crippen molar-refractivity contribution in [3.8, 4) is 0 Å². The topological polar surface area (TPSA) is 0 Å². The van der Waals surface area contributed by atoms with E-state index in [0.717, 1.165) is 5.56 Å². The van der Waals surface area contributed by atoms with Gasteiger partial charge in [-0.05, 0) is 30.7 Å². The fourth-order valence-electron chi connectivity index (χ4n) is 0.819. The zero-order valence-electron chi connectivity index (χ0n) is 5.94. The fourth-order valence-corrected chi connectivity index (χ4v) is 1.61. The largest absolute Gasteiger partial charge is 0.207 e. The molecule has 0 aliphatic carbocycles. The summed E-state index contributed by atoms with van der Waals surface area (Å²) in [6.07, 6.45) is 0. The van der Waals surface area contributed by atoms with E-state index in [2.05, 4.69) is 15.9 Å². The number of rotatable bonds is 1. The van der Waals surface area contributed by atoms with Crippen LogP contribution in [0.1, 0.15) is 17.3 Å². The summed E-state index contributed by atoms with van der Waals surface area (Å²) in [5.74, 6) is -0.254. The van der Waals surface area contributed by atoms with Gasteiger partial charge in [0.15, 0.2) is 0 Å². The van der Waals surface area contributed by atoms with Gasteiger partial charge >= 0.3 is 0 Å². The molecule has 11 heavy (non-hydrogen) atoms. The fraction of sp³-hybridized carbons (Fsp3) is 0.250. The van der Waals surface area contributed by atoms with Gasteiger partial charge in [-0.2, -0.15) is 0 Å². The van der Waals surface area contributed by atoms with Crippen molar-refractivity contribution in [2.24, 2.45) is 0 Å². The average molecular weight is 237 g/mol. The molecule has 3 heteroatoms. The lowest BCUT2D eigenvalue weighted by molar-refractivity contribution is 0.625. The quantitative estimate of drug-likeness (QED) is 0.649. The van der Waals surface area contributed by atoms with E-state index >= 15 is 0 Å². The van der Waals surface area contributed by atoms with Gasteiger partial charge < -0.3 is 0 Å². The van der Waals surface area contributed by atoms with E-state index in [9.17, 15) is 4.39 Å². The monoisotopic (exact) mass is 236 g/mol. The Bertz CT molecular complexity index is 260. The molecule has 0 radical (unpaired) electrons. The Morgan fingerprint density at radius 2 is 2.18 bits per heavy atom. The molecule has 60 valence electrons. The molecule has 0 aliphatic heterocycles. The highest BCUT2D eigenvalue weighted by atomic mass is 79.9. The van der Waals surface area contributed by atoms with Crippen molar-refractivity contribution in [1.82, 2.24) is 0 Å². The average Bonchev–Trinajstić information content (AvgIpc) is 1.94. The van der Waals surface area contributed by atoms with E-state index in [1.54, 1.807) is 6.07 Å². The molecule has 0 aromatic heterocycles. The van der Waals surface area contributed by atoms with Crippen molar-refractivity contribution in [2.45, 2.75) is 11.8 Å². The van der Waals surface area contributed by atoms with Gasteiger partial charge in [-0.3, -0.25) is 0 Å². The number of alkyl halides is 1. The minimum Gasteiger partial charge on any atom is -0.207 e. The highest BCUT2D eigenvalue weighted by Gasteiger charge is 2.06. The number of benzene rings is 1. The van der Waals surface area contributed by atoms with Crippen molar-refractivity contribution >= 4 is 27.5 Å². The Morgan fingerprint density at radius 3 is 2.64 bits per heavy atom. The van der Waals surface area contributed by atoms with E-state index in [-0.39, 0.29) is 10.6 Å². The number of halogens is 3. The van der Waals surface area contributed by atoms with Crippen molar-refractivity contribution in [1.29, 1.82) is 0 Å². The number of hydrogen-bond acceptors (Lipinski definition) is 0. The molecule has 1 rings (SSSR count). The van der Waals surface area contributed by atoms with Crippen LogP contribution in [-0.4, -0.2) is 0 Å². The Morgan fingerprint density at radius 1 is 1.55 bits per heavy atom. The summed E-state index contributed by atoms with van der Waals surface area (Å²) in [7, 11) is 0. The van der Waals surface area contributed by atoms with E-state index in [1.807, 2.05) is 6.92 Å². The summed E-state index contributed by atoms with van der Waals surface area (Å²) in [5, 5.41) is 0.593. The van der Waals surface area contributed by atoms with Gasteiger partial charge in [0.1, 0.15) is 5.82 Å². The van der Waals surface area contributed by atoms with Crippen molar-refractivity contribution in [3.63, 3.8) is 0 Å². The Kier molecular flexibility index (Phi) is 2.90. The third kappa shape index (κ3) is 2.17. The maximum absolute atomic E-state index is 12.6. The first-order valence-corrected chi connectivity index (χ1v) is 4.49. The number of hydrogen-bond donors (Lipinski definition) is 0. The van der Waals surface area contributed by atoms with Crippen LogP contribution in [0.2, 0.25) is 5.02 Å². The van der Waals surface area contributed by atoms with Crippen molar-refractivity contribution < 1.29 is 4.39 Å². The summed E-state index contributed by atoms with van der Waals surface area (Å²) in [5.41, 5.74) is 0.784. The van der Waals surface area contributed by atoms with Crippen LogP contribution in [0.4, 0.5) is 4.39 Å². The molecule has 0 N–H and O–H groups in total. The Hall–Kier alpha value is -0.0800. The summed E-state index contributed by atoms with van der Waals surface area (Å²) in [6, 6.07) is 4.34. The molecule has 0 heterocycles. The summed E-state index contributed by atoms with van der Waals surface area (Å²) in [4.78, 5) is 0.0886. The predicted octanol–water partition coefficient (Wildman–Crippen LogP) is 3.94. The molecule has 0 aliphatic rings. The van der Waals surface area contributed by atoms with E-state index < -0.39 is 0 Å². The molecule has 1 aromatic rings. The van der Waals surface area contributed by atoms with Crippen LogP contribution < -0.4 is 0 Å². The minimum atomic E-state index is -0.254. The molecular formula is C8H7BrClF. The van der Waals surface area contributed by atoms with Crippen LogP contribution in [-0.2, 0) is 0 Å². The molecule has 0 saturated heterocycles. The predicted molar refractivity (Wildman–Crippen MR) is 48.8 cm³/mol. The van der Waals surface area contributed by atoms with Gasteiger partial charge in [-0.1, -0.05) is 27.5 Å². The molecule has 1 aromatic carbocycles. The molecule has 0 saturated carbocycles. The highest BCUT2D eigenvalue weighted by molar-refractivity contribution is 9.09. The van der Waals surface area contributed by atoms with Gasteiger partial charge in [0.25, 0.3) is 0 Å². The van der Waals surface area contributed by atoms with Gasteiger partial charge in [0, 0.05) is 9.85 Å². The first kappa shape index (κ1) is 9.01. The van der Waals surface area contributed by atoms with E-state index in [1.165, 1.54) is 12.1 Å². The van der Waals surface area contributed by atoms with Crippen molar-refractivity contribution in [2.75, 3.05) is 0 Å². The summed E-state index contributed by atoms with van der Waals surface area (Å²) < 4.78 is 12.6. The molecule has 1 unspecified atom stereocenters. The lowest BCUT2D eigenvalue weighted by atomic mass is 10.2. The van der Waals surface area contributed by atoms with Crippen LogP contribution in [0.5, 0.6) is 0 Å². The zero-order valence-corrected chi connectivity index (χ0v) is 8.29. The van der Waals surface area contributed by atoms with E-state index in [4.69, 9.17) is 11.6 Å². The normalized spacial score (nSPS) is 13.1. The van der Waals surface area contributed by atoms with Crippen LogP contribution in [0.3, 0.4) is 0 Å². The van der Waals surface area contributed by atoms with Crippen LogP contribution >= 0.6 is 27.5 Å². The lowest BCUT2D eigenvalue weighted by Gasteiger charge is -2.05. The van der Waals surface area contributed by atoms with Gasteiger partial charge in [0.05, 0.1) is 0 Å². The van der Waals surface area contributed by atoms with Crippen molar-refractivity contribution in [3.05, 3.63) is 34.6 Å². The van der Waals surface area contributed by atoms with Gasteiger partial charge in [-0.15, -0.1) is 0 Å². The molecule has 0 nitrogen and oxygen atoms in total. The summed E-state index contributed by atoms with van der Waals surface area (Å²) >= 11 is 9.11. The summed E-state index contributed by atoms with van der Waals surface area (Å²) in [6.45, 7) is 1.90. The highest BCUT2D eigenvalue weighted by Crippen LogP contribution is 2.28. The second kappa shape index (κ2) is 3.55. The second-order valence-corrected chi connectivity index (χ2v) is 4.06. The zero-order chi connectivity index (χ0) is 8.43. The second-order valence-electron chi connectivity index (χ2n) is 2.28. The van der Waals surface area contributed by atoms with Crippen LogP contribution in [0.25, 0.3) is 0 Å². The first-order chi connectivity index (χ1) is 5.11. The lowest BCUT2D eigenvalue weighted by Crippen LogP contribution is -1.86. The third-order valence-corrected chi connectivity index (χ3v) is 2.22. The molecule has 0 fully saturated rings. The van der Waals surface area contributed by atoms with Crippen LogP contribution in [0, 0.1) is 5.82 Å². The molecule has 1 atom stereocenters. The SMILES string of the molecule is CC(Br)c1cc(F)ccc1Cl. The standard InChI is InChI=1S/C8H7BrClF/c1-5(9)7-4-6(11)2-3-8(7)10/h2-5H,1H3. The molecule has 0 spiro atoms. The maximum Gasteiger partial charge on any atom is 0.123 e. The molecular weight excluding hydrogens is 230 g/mol. The smallest absolute Gasteiger partial charge is 0.123 e. The van der Waals surface area contributed by atoms with Gasteiger partial charge in [0.2, 0.25) is 0 Å². The minimum absolute atomic E-state index is 0.0886. The Balaban J connectivity index is 3.13. The van der Waals surface area contributed by atoms with Crippen LogP contribution in [0.15, 0.2) is 18.2 Å².